The molecule has 160 valence electrons. The summed E-state index contributed by atoms with van der Waals surface area (Å²) in [5, 5.41) is 7.09. The largest absolute Gasteiger partial charge is 0.497 e. The molecule has 0 bridgehead atoms. The van der Waals surface area contributed by atoms with Crippen molar-refractivity contribution in [3.05, 3.63) is 29.8 Å². The van der Waals surface area contributed by atoms with E-state index in [2.05, 4.69) is 53.4 Å². The van der Waals surface area contributed by atoms with Crippen LogP contribution in [0.1, 0.15) is 51.5 Å². The Balaban J connectivity index is 0.00000392. The molecular formula is C22H39IN4O. The quantitative estimate of drug-likeness (QED) is 0.320. The molecular weight excluding hydrogens is 463 g/mol. The normalized spacial score (nSPS) is 17.1. The zero-order valence-electron chi connectivity index (χ0n) is 18.2. The van der Waals surface area contributed by atoms with Crippen LogP contribution in [-0.4, -0.2) is 57.2 Å². The van der Waals surface area contributed by atoms with E-state index >= 15 is 0 Å². The molecule has 1 aliphatic heterocycles. The fourth-order valence-electron chi connectivity index (χ4n) is 3.67. The van der Waals surface area contributed by atoms with Crippen LogP contribution in [0.2, 0.25) is 0 Å². The Morgan fingerprint density at radius 2 is 1.82 bits per heavy atom. The monoisotopic (exact) mass is 502 g/mol. The fraction of sp³-hybridized carbons (Fsp3) is 0.682. The summed E-state index contributed by atoms with van der Waals surface area (Å²) in [7, 11) is 3.56. The van der Waals surface area contributed by atoms with Gasteiger partial charge in [0, 0.05) is 39.3 Å². The molecule has 1 unspecified atom stereocenters. The molecule has 0 saturated carbocycles. The van der Waals surface area contributed by atoms with Crippen LogP contribution < -0.4 is 15.4 Å². The summed E-state index contributed by atoms with van der Waals surface area (Å²) >= 11 is 0. The highest BCUT2D eigenvalue weighted by molar-refractivity contribution is 14.0. The number of likely N-dealkylation sites (tertiary alicyclic amines) is 1. The van der Waals surface area contributed by atoms with E-state index < -0.39 is 0 Å². The van der Waals surface area contributed by atoms with Gasteiger partial charge in [0.15, 0.2) is 5.96 Å². The van der Waals surface area contributed by atoms with E-state index in [-0.39, 0.29) is 24.0 Å². The van der Waals surface area contributed by atoms with Gasteiger partial charge in [-0.25, -0.2) is 0 Å². The Hall–Kier alpha value is -1.02. The maximum absolute atomic E-state index is 5.23. The number of rotatable bonds is 8. The Morgan fingerprint density at radius 3 is 2.36 bits per heavy atom. The number of nitrogens with zero attached hydrogens (tertiary/aromatic N) is 2. The van der Waals surface area contributed by atoms with Crippen LogP contribution in [0.5, 0.6) is 5.75 Å². The first-order chi connectivity index (χ1) is 13.0. The van der Waals surface area contributed by atoms with Crippen LogP contribution in [0.4, 0.5) is 0 Å². The van der Waals surface area contributed by atoms with Crippen LogP contribution in [-0.2, 0) is 0 Å². The van der Waals surface area contributed by atoms with Gasteiger partial charge in [-0.2, -0.15) is 0 Å². The molecule has 1 saturated heterocycles. The Kier molecular flexibility index (Phi) is 11.8. The van der Waals surface area contributed by atoms with E-state index in [1.165, 1.54) is 38.0 Å². The number of hydrogen-bond donors (Lipinski definition) is 2. The molecule has 1 aromatic rings. The zero-order chi connectivity index (χ0) is 19.6. The summed E-state index contributed by atoms with van der Waals surface area (Å²) in [5.74, 6) is 3.09. The van der Waals surface area contributed by atoms with E-state index in [4.69, 9.17) is 4.74 Å². The average Bonchev–Trinajstić information content (AvgIpc) is 2.68. The summed E-state index contributed by atoms with van der Waals surface area (Å²) in [5.41, 5.74) is 1.35. The smallest absolute Gasteiger partial charge is 0.191 e. The molecule has 0 aliphatic carbocycles. The lowest BCUT2D eigenvalue weighted by Crippen LogP contribution is -2.49. The van der Waals surface area contributed by atoms with Crippen molar-refractivity contribution >= 4 is 29.9 Å². The minimum absolute atomic E-state index is 0. The number of nitrogens with one attached hydrogen (secondary N) is 2. The number of piperidine rings is 1. The molecule has 28 heavy (non-hydrogen) atoms. The molecule has 0 radical (unpaired) electrons. The van der Waals surface area contributed by atoms with E-state index in [1.807, 2.05) is 19.2 Å². The Labute approximate surface area is 188 Å². The van der Waals surface area contributed by atoms with Gasteiger partial charge in [-0.05, 0) is 48.8 Å². The summed E-state index contributed by atoms with van der Waals surface area (Å²) in [6.45, 7) is 11.3. The third-order valence-electron chi connectivity index (χ3n) is 5.33. The Morgan fingerprint density at radius 1 is 1.18 bits per heavy atom. The number of halogens is 1. The van der Waals surface area contributed by atoms with Gasteiger partial charge >= 0.3 is 0 Å². The van der Waals surface area contributed by atoms with E-state index in [1.54, 1.807) is 7.11 Å². The first-order valence-electron chi connectivity index (χ1n) is 10.3. The highest BCUT2D eigenvalue weighted by atomic mass is 127. The van der Waals surface area contributed by atoms with Crippen LogP contribution in [0.15, 0.2) is 29.3 Å². The lowest BCUT2D eigenvalue weighted by molar-refractivity contribution is 0.187. The minimum atomic E-state index is 0. The van der Waals surface area contributed by atoms with Crippen LogP contribution in [0, 0.1) is 5.92 Å². The number of ether oxygens (including phenoxy) is 1. The van der Waals surface area contributed by atoms with E-state index in [0.717, 1.165) is 30.6 Å². The second-order valence-corrected chi connectivity index (χ2v) is 8.07. The van der Waals surface area contributed by atoms with Crippen molar-refractivity contribution in [3.63, 3.8) is 0 Å². The molecule has 6 heteroatoms. The predicted octanol–water partition coefficient (Wildman–Crippen LogP) is 4.09. The number of benzene rings is 1. The highest BCUT2D eigenvalue weighted by Gasteiger charge is 2.20. The van der Waals surface area contributed by atoms with Gasteiger partial charge in [0.25, 0.3) is 0 Å². The van der Waals surface area contributed by atoms with Crippen molar-refractivity contribution in [1.29, 1.82) is 0 Å². The topological polar surface area (TPSA) is 48.9 Å². The van der Waals surface area contributed by atoms with Gasteiger partial charge in [0.1, 0.15) is 5.75 Å². The standard InChI is InChI=1S/C22H38N4O.HI/c1-17(2)16-26-14-11-20(12-15-26)25-22(23-4)24-13-10-18(3)19-6-8-21(27-5)9-7-19;/h6-9,17-18,20H,10-16H2,1-5H3,(H2,23,24,25);1H. The van der Waals surface area contributed by atoms with Gasteiger partial charge in [-0.15, -0.1) is 24.0 Å². The lowest BCUT2D eigenvalue weighted by Gasteiger charge is -2.34. The van der Waals surface area contributed by atoms with Gasteiger partial charge in [-0.1, -0.05) is 32.9 Å². The van der Waals surface area contributed by atoms with Crippen molar-refractivity contribution in [2.75, 3.05) is 40.3 Å². The molecule has 1 fully saturated rings. The second-order valence-electron chi connectivity index (χ2n) is 8.07. The Bertz CT molecular complexity index is 568. The minimum Gasteiger partial charge on any atom is -0.497 e. The molecule has 0 spiro atoms. The van der Waals surface area contributed by atoms with Crippen LogP contribution in [0.3, 0.4) is 0 Å². The van der Waals surface area contributed by atoms with Crippen molar-refractivity contribution in [2.45, 2.75) is 52.0 Å². The summed E-state index contributed by atoms with van der Waals surface area (Å²) in [6.07, 6.45) is 3.45. The molecule has 0 aromatic heterocycles. The molecule has 1 aliphatic rings. The first-order valence-corrected chi connectivity index (χ1v) is 10.3. The van der Waals surface area contributed by atoms with Crippen molar-refractivity contribution in [1.82, 2.24) is 15.5 Å². The second kappa shape index (κ2) is 13.2. The van der Waals surface area contributed by atoms with E-state index in [0.29, 0.717) is 12.0 Å². The van der Waals surface area contributed by atoms with Crippen LogP contribution in [0.25, 0.3) is 0 Å². The first kappa shape index (κ1) is 25.0. The van der Waals surface area contributed by atoms with Gasteiger partial charge in [0.2, 0.25) is 0 Å². The van der Waals surface area contributed by atoms with Gasteiger partial charge < -0.3 is 20.3 Å². The predicted molar refractivity (Wildman–Crippen MR) is 130 cm³/mol. The van der Waals surface area contributed by atoms with Gasteiger partial charge in [-0.3, -0.25) is 4.99 Å². The maximum Gasteiger partial charge on any atom is 0.191 e. The molecule has 1 aromatic carbocycles. The maximum atomic E-state index is 5.23. The average molecular weight is 502 g/mol. The van der Waals surface area contributed by atoms with E-state index in [9.17, 15) is 0 Å². The third-order valence-corrected chi connectivity index (χ3v) is 5.33. The summed E-state index contributed by atoms with van der Waals surface area (Å²) < 4.78 is 5.23. The van der Waals surface area contributed by atoms with Crippen molar-refractivity contribution in [3.8, 4) is 5.75 Å². The molecule has 2 rings (SSSR count). The van der Waals surface area contributed by atoms with Crippen molar-refractivity contribution < 1.29 is 4.74 Å². The molecule has 5 nitrogen and oxygen atoms in total. The number of methoxy groups -OCH3 is 1. The molecule has 0 amide bonds. The van der Waals surface area contributed by atoms with Crippen molar-refractivity contribution in [2.24, 2.45) is 10.9 Å². The number of aliphatic imine (C=N–C) groups is 1. The molecule has 1 atom stereocenters. The molecule has 1 heterocycles. The lowest BCUT2D eigenvalue weighted by atomic mass is 9.98. The van der Waals surface area contributed by atoms with Crippen LogP contribution >= 0.6 is 24.0 Å². The number of hydrogen-bond acceptors (Lipinski definition) is 3. The fourth-order valence-corrected chi connectivity index (χ4v) is 3.67. The van der Waals surface area contributed by atoms with Gasteiger partial charge in [0.05, 0.1) is 7.11 Å². The number of guanidine groups is 1. The summed E-state index contributed by atoms with van der Waals surface area (Å²) in [6, 6.07) is 8.90. The summed E-state index contributed by atoms with van der Waals surface area (Å²) in [4.78, 5) is 6.99. The highest BCUT2D eigenvalue weighted by Crippen LogP contribution is 2.21. The SMILES string of the molecule is CN=C(NCCC(C)c1ccc(OC)cc1)NC1CCN(CC(C)C)CC1.I. The zero-order valence-corrected chi connectivity index (χ0v) is 20.5. The molecule has 2 N–H and O–H groups in total. The third kappa shape index (κ3) is 8.55.